The van der Waals surface area contributed by atoms with Crippen LogP contribution in [0.2, 0.25) is 0 Å². The van der Waals surface area contributed by atoms with Crippen LogP contribution in [0.25, 0.3) is 0 Å². The van der Waals surface area contributed by atoms with E-state index in [0.29, 0.717) is 0 Å². The molecule has 0 aliphatic rings. The number of nitriles is 1. The monoisotopic (exact) mass is 141 g/mol. The molecule has 0 heterocycles. The minimum atomic E-state index is -0.295. The maximum atomic E-state index is 10.6. The summed E-state index contributed by atoms with van der Waals surface area (Å²) in [4.78, 5) is 10.6. The Hall–Kier alpha value is -1.08. The van der Waals surface area contributed by atoms with Crippen molar-refractivity contribution in [3.63, 3.8) is 0 Å². The number of hydrogen-bond acceptors (Lipinski definition) is 3. The zero-order valence-corrected chi connectivity index (χ0v) is 6.14. The van der Waals surface area contributed by atoms with Crippen molar-refractivity contribution >= 4 is 5.91 Å². The molecule has 0 rings (SSSR count). The lowest BCUT2D eigenvalue weighted by Crippen LogP contribution is -2.41. The van der Waals surface area contributed by atoms with Crippen LogP contribution in [0, 0.1) is 11.3 Å². The highest BCUT2D eigenvalue weighted by atomic mass is 16.2. The van der Waals surface area contributed by atoms with E-state index in [1.165, 1.54) is 0 Å². The van der Waals surface area contributed by atoms with Crippen molar-refractivity contribution in [3.05, 3.63) is 0 Å². The van der Waals surface area contributed by atoms with E-state index in [-0.39, 0.29) is 18.4 Å². The number of carbonyl (C=O) groups excluding carboxylic acids is 1. The van der Waals surface area contributed by atoms with Gasteiger partial charge in [-0.3, -0.25) is 10.2 Å². The summed E-state index contributed by atoms with van der Waals surface area (Å²) in [7, 11) is 0. The smallest absolute Gasteiger partial charge is 0.248 e. The number of carbonyl (C=O) groups is 1. The van der Waals surface area contributed by atoms with Gasteiger partial charge in [0, 0.05) is 6.04 Å². The molecule has 0 fully saturated rings. The maximum Gasteiger partial charge on any atom is 0.248 e. The van der Waals surface area contributed by atoms with Gasteiger partial charge in [0.2, 0.25) is 5.91 Å². The summed E-state index contributed by atoms with van der Waals surface area (Å²) in [6.45, 7) is 3.79. The van der Waals surface area contributed by atoms with Gasteiger partial charge in [-0.25, -0.2) is 5.43 Å². The summed E-state index contributed by atoms with van der Waals surface area (Å²) in [6.07, 6.45) is -0.0975. The lowest BCUT2D eigenvalue weighted by atomic mass is 10.4. The zero-order chi connectivity index (χ0) is 7.98. The minimum absolute atomic E-state index is 0.0975. The molecule has 2 N–H and O–H groups in total. The predicted molar refractivity (Wildman–Crippen MR) is 36.6 cm³/mol. The molecule has 0 atom stereocenters. The van der Waals surface area contributed by atoms with Crippen LogP contribution in [-0.2, 0) is 4.79 Å². The van der Waals surface area contributed by atoms with Gasteiger partial charge in [-0.1, -0.05) is 0 Å². The van der Waals surface area contributed by atoms with E-state index in [2.05, 4.69) is 10.9 Å². The van der Waals surface area contributed by atoms with E-state index in [9.17, 15) is 4.79 Å². The molecule has 0 spiro atoms. The van der Waals surface area contributed by atoms with Gasteiger partial charge in [-0.05, 0) is 13.8 Å². The van der Waals surface area contributed by atoms with Gasteiger partial charge < -0.3 is 0 Å². The van der Waals surface area contributed by atoms with Crippen LogP contribution >= 0.6 is 0 Å². The largest absolute Gasteiger partial charge is 0.290 e. The van der Waals surface area contributed by atoms with Crippen molar-refractivity contribution in [1.82, 2.24) is 10.9 Å². The Kier molecular flexibility index (Phi) is 4.25. The summed E-state index contributed by atoms with van der Waals surface area (Å²) >= 11 is 0. The average molecular weight is 141 g/mol. The molecule has 10 heavy (non-hydrogen) atoms. The molecular formula is C6H11N3O. The summed E-state index contributed by atoms with van der Waals surface area (Å²) in [5.74, 6) is -0.295. The molecule has 0 aliphatic carbocycles. The molecule has 1 amide bonds. The van der Waals surface area contributed by atoms with Crippen LogP contribution in [0.3, 0.4) is 0 Å². The molecule has 0 aromatic carbocycles. The predicted octanol–water partition coefficient (Wildman–Crippen LogP) is -0.0707. The van der Waals surface area contributed by atoms with Crippen molar-refractivity contribution in [2.24, 2.45) is 0 Å². The third kappa shape index (κ3) is 5.06. The molecule has 0 aromatic heterocycles. The Morgan fingerprint density at radius 3 is 2.70 bits per heavy atom. The molecule has 0 radical (unpaired) electrons. The highest BCUT2D eigenvalue weighted by Crippen LogP contribution is 1.74. The first-order valence-electron chi connectivity index (χ1n) is 3.08. The Balaban J connectivity index is 3.33. The fourth-order valence-corrected chi connectivity index (χ4v) is 0.341. The Bertz CT molecular complexity index is 148. The highest BCUT2D eigenvalue weighted by molar-refractivity contribution is 5.77. The Morgan fingerprint density at radius 2 is 2.30 bits per heavy atom. The number of rotatable bonds is 3. The molecule has 0 aliphatic heterocycles. The lowest BCUT2D eigenvalue weighted by molar-refractivity contribution is -0.121. The number of hydrazine groups is 1. The topological polar surface area (TPSA) is 64.9 Å². The number of nitrogens with zero attached hydrogens (tertiary/aromatic N) is 1. The van der Waals surface area contributed by atoms with Crippen LogP contribution in [0.4, 0.5) is 0 Å². The fraction of sp³-hybridized carbons (Fsp3) is 0.667. The van der Waals surface area contributed by atoms with Crippen molar-refractivity contribution in [2.45, 2.75) is 26.3 Å². The second-order valence-corrected chi connectivity index (χ2v) is 2.18. The van der Waals surface area contributed by atoms with Crippen molar-refractivity contribution in [2.75, 3.05) is 0 Å². The normalized spacial score (nSPS) is 9.00. The van der Waals surface area contributed by atoms with Crippen LogP contribution in [0.1, 0.15) is 20.3 Å². The summed E-state index contributed by atoms with van der Waals surface area (Å²) in [6, 6.07) is 1.94. The van der Waals surface area contributed by atoms with E-state index in [0.717, 1.165) is 0 Å². The zero-order valence-electron chi connectivity index (χ0n) is 6.14. The minimum Gasteiger partial charge on any atom is -0.290 e. The molecule has 4 heteroatoms. The lowest BCUT2D eigenvalue weighted by Gasteiger charge is -2.07. The van der Waals surface area contributed by atoms with Crippen molar-refractivity contribution < 1.29 is 4.79 Å². The van der Waals surface area contributed by atoms with E-state index in [1.54, 1.807) is 6.07 Å². The molecule has 0 saturated carbocycles. The van der Waals surface area contributed by atoms with Gasteiger partial charge in [0.1, 0.15) is 6.42 Å². The van der Waals surface area contributed by atoms with E-state index >= 15 is 0 Å². The first kappa shape index (κ1) is 8.92. The SMILES string of the molecule is CC(C)NNC(=O)CC#N. The van der Waals surface area contributed by atoms with Gasteiger partial charge in [-0.15, -0.1) is 0 Å². The Labute approximate surface area is 60.2 Å². The van der Waals surface area contributed by atoms with Gasteiger partial charge in [0.05, 0.1) is 6.07 Å². The second kappa shape index (κ2) is 4.77. The summed E-state index contributed by atoms with van der Waals surface area (Å²) in [5, 5.41) is 8.06. The third-order valence-corrected chi connectivity index (χ3v) is 0.740. The van der Waals surface area contributed by atoms with E-state index in [4.69, 9.17) is 5.26 Å². The van der Waals surface area contributed by atoms with Gasteiger partial charge >= 0.3 is 0 Å². The van der Waals surface area contributed by atoms with Crippen molar-refractivity contribution in [3.8, 4) is 6.07 Å². The van der Waals surface area contributed by atoms with Crippen LogP contribution in [0.5, 0.6) is 0 Å². The summed E-state index contributed by atoms with van der Waals surface area (Å²) in [5.41, 5.74) is 5.05. The molecule has 0 unspecified atom stereocenters. The standard InChI is InChI=1S/C6H11N3O/c1-5(2)8-9-6(10)3-4-7/h5,8H,3H2,1-2H3,(H,9,10). The molecule has 0 bridgehead atoms. The first-order chi connectivity index (χ1) is 4.66. The molecule has 56 valence electrons. The quantitative estimate of drug-likeness (QED) is 0.541. The second-order valence-electron chi connectivity index (χ2n) is 2.18. The third-order valence-electron chi connectivity index (χ3n) is 0.740. The number of nitrogens with one attached hydrogen (secondary N) is 2. The molecule has 0 aromatic rings. The van der Waals surface area contributed by atoms with Gasteiger partial charge in [0.15, 0.2) is 0 Å². The van der Waals surface area contributed by atoms with E-state index < -0.39 is 0 Å². The van der Waals surface area contributed by atoms with Crippen LogP contribution in [0.15, 0.2) is 0 Å². The average Bonchev–Trinajstić information content (AvgIpc) is 1.85. The first-order valence-corrected chi connectivity index (χ1v) is 3.08. The van der Waals surface area contributed by atoms with Gasteiger partial charge in [-0.2, -0.15) is 5.26 Å². The molecular weight excluding hydrogens is 130 g/mol. The van der Waals surface area contributed by atoms with Crippen LogP contribution < -0.4 is 10.9 Å². The number of amides is 1. The molecule has 4 nitrogen and oxygen atoms in total. The van der Waals surface area contributed by atoms with E-state index in [1.807, 2.05) is 13.8 Å². The maximum absolute atomic E-state index is 10.6. The molecule has 0 saturated heterocycles. The Morgan fingerprint density at radius 1 is 1.70 bits per heavy atom. The fourth-order valence-electron chi connectivity index (χ4n) is 0.341. The van der Waals surface area contributed by atoms with Crippen LogP contribution in [-0.4, -0.2) is 11.9 Å². The van der Waals surface area contributed by atoms with Crippen molar-refractivity contribution in [1.29, 1.82) is 5.26 Å². The number of hydrogen-bond donors (Lipinski definition) is 2. The highest BCUT2D eigenvalue weighted by Gasteiger charge is 1.97. The summed E-state index contributed by atoms with van der Waals surface area (Å²) < 4.78 is 0. The van der Waals surface area contributed by atoms with Gasteiger partial charge in [0.25, 0.3) is 0 Å².